The van der Waals surface area contributed by atoms with Gasteiger partial charge in [0.05, 0.1) is 18.4 Å². The van der Waals surface area contributed by atoms with Gasteiger partial charge in [-0.25, -0.2) is 0 Å². The van der Waals surface area contributed by atoms with Crippen molar-refractivity contribution in [2.75, 3.05) is 10.6 Å². The molecule has 3 rings (SSSR count). The maximum Gasteiger partial charge on any atom is 0.175 e. The monoisotopic (exact) mass is 342 g/mol. The molecule has 0 atom stereocenters. The van der Waals surface area contributed by atoms with E-state index in [1.54, 1.807) is 6.20 Å². The molecule has 2 aromatic carbocycles. The number of halogens is 1. The highest BCUT2D eigenvalue weighted by Gasteiger charge is 2.03. The van der Waals surface area contributed by atoms with Gasteiger partial charge in [-0.3, -0.25) is 4.68 Å². The number of para-hydroxylation sites is 1. The van der Waals surface area contributed by atoms with Crippen LogP contribution in [0.4, 0.5) is 11.4 Å². The summed E-state index contributed by atoms with van der Waals surface area (Å²) in [6.07, 6.45) is 3.66. The number of hydrogen-bond acceptors (Lipinski definition) is 2. The number of anilines is 2. The highest BCUT2D eigenvalue weighted by Crippen LogP contribution is 2.12. The van der Waals surface area contributed by atoms with E-state index in [0.717, 1.165) is 22.0 Å². The Labute approximate surface area is 145 Å². The second kappa shape index (κ2) is 7.26. The summed E-state index contributed by atoms with van der Waals surface area (Å²) in [7, 11) is 0. The topological polar surface area (TPSA) is 41.9 Å². The van der Waals surface area contributed by atoms with Gasteiger partial charge in [-0.15, -0.1) is 0 Å². The molecule has 0 aliphatic rings. The van der Waals surface area contributed by atoms with E-state index in [4.69, 9.17) is 23.8 Å². The molecule has 116 valence electrons. The molecule has 0 spiro atoms. The lowest BCUT2D eigenvalue weighted by Gasteiger charge is -2.08. The minimum atomic E-state index is 0.530. The second-order valence-electron chi connectivity index (χ2n) is 5.00. The highest BCUT2D eigenvalue weighted by molar-refractivity contribution is 7.80. The molecule has 0 aliphatic heterocycles. The Hall–Kier alpha value is -2.37. The summed E-state index contributed by atoms with van der Waals surface area (Å²) >= 11 is 11.2. The zero-order valence-corrected chi connectivity index (χ0v) is 13.8. The van der Waals surface area contributed by atoms with Gasteiger partial charge in [0.25, 0.3) is 0 Å². The molecular formula is C17H15ClN4S. The van der Waals surface area contributed by atoms with Crippen molar-refractivity contribution in [2.45, 2.75) is 6.54 Å². The Bertz CT molecular complexity index is 784. The minimum Gasteiger partial charge on any atom is -0.332 e. The number of rotatable bonds is 4. The van der Waals surface area contributed by atoms with Crippen LogP contribution in [0.15, 0.2) is 67.0 Å². The molecule has 0 radical (unpaired) electrons. The first-order valence-corrected chi connectivity index (χ1v) is 7.87. The fraction of sp³-hybridized carbons (Fsp3) is 0.0588. The van der Waals surface area contributed by atoms with Crippen LogP contribution in [0.25, 0.3) is 0 Å². The van der Waals surface area contributed by atoms with Crippen LogP contribution in [-0.2, 0) is 6.54 Å². The van der Waals surface area contributed by atoms with E-state index in [0.29, 0.717) is 11.7 Å². The molecule has 0 fully saturated rings. The van der Waals surface area contributed by atoms with Gasteiger partial charge in [0.1, 0.15) is 0 Å². The molecular weight excluding hydrogens is 328 g/mol. The zero-order valence-electron chi connectivity index (χ0n) is 12.2. The standard InChI is InChI=1S/C17H15ClN4S/c18-14-8-6-13(7-9-14)11-22-12-16(10-19-22)21-17(23)20-15-4-2-1-3-5-15/h1-10,12H,11H2,(H2,20,21,23). The summed E-state index contributed by atoms with van der Waals surface area (Å²) in [6, 6.07) is 17.5. The van der Waals surface area contributed by atoms with Crippen molar-refractivity contribution in [3.8, 4) is 0 Å². The van der Waals surface area contributed by atoms with Crippen LogP contribution in [0.2, 0.25) is 5.02 Å². The van der Waals surface area contributed by atoms with E-state index >= 15 is 0 Å². The summed E-state index contributed by atoms with van der Waals surface area (Å²) in [4.78, 5) is 0. The van der Waals surface area contributed by atoms with E-state index in [2.05, 4.69) is 15.7 Å². The summed E-state index contributed by atoms with van der Waals surface area (Å²) in [6.45, 7) is 0.678. The first kappa shape index (κ1) is 15.5. The SMILES string of the molecule is S=C(Nc1ccccc1)Nc1cnn(Cc2ccc(Cl)cc2)c1. The molecule has 2 N–H and O–H groups in total. The van der Waals surface area contributed by atoms with Crippen LogP contribution in [0.3, 0.4) is 0 Å². The Morgan fingerprint density at radius 2 is 1.70 bits per heavy atom. The molecule has 3 aromatic rings. The van der Waals surface area contributed by atoms with Crippen LogP contribution in [0.5, 0.6) is 0 Å². The molecule has 1 aromatic heterocycles. The van der Waals surface area contributed by atoms with Gasteiger partial charge in [0, 0.05) is 16.9 Å². The molecule has 4 nitrogen and oxygen atoms in total. The molecule has 0 amide bonds. The maximum atomic E-state index is 5.89. The largest absolute Gasteiger partial charge is 0.332 e. The molecule has 1 heterocycles. The number of nitrogens with zero attached hydrogens (tertiary/aromatic N) is 2. The third kappa shape index (κ3) is 4.55. The molecule has 0 saturated heterocycles. The van der Waals surface area contributed by atoms with Crippen LogP contribution in [0.1, 0.15) is 5.56 Å². The van der Waals surface area contributed by atoms with Gasteiger partial charge in [-0.05, 0) is 42.0 Å². The average Bonchev–Trinajstić information content (AvgIpc) is 2.97. The van der Waals surface area contributed by atoms with Crippen LogP contribution < -0.4 is 10.6 Å². The molecule has 0 aliphatic carbocycles. The van der Waals surface area contributed by atoms with E-state index in [1.165, 1.54) is 0 Å². The summed E-state index contributed by atoms with van der Waals surface area (Å²) < 4.78 is 1.84. The van der Waals surface area contributed by atoms with E-state index < -0.39 is 0 Å². The van der Waals surface area contributed by atoms with Gasteiger partial charge in [-0.2, -0.15) is 5.10 Å². The highest BCUT2D eigenvalue weighted by atomic mass is 35.5. The Morgan fingerprint density at radius 1 is 1.00 bits per heavy atom. The van der Waals surface area contributed by atoms with Gasteiger partial charge >= 0.3 is 0 Å². The van der Waals surface area contributed by atoms with Crippen molar-refractivity contribution in [3.63, 3.8) is 0 Å². The molecule has 0 bridgehead atoms. The lowest BCUT2D eigenvalue weighted by Crippen LogP contribution is -2.18. The molecule has 0 unspecified atom stereocenters. The van der Waals surface area contributed by atoms with E-state index in [9.17, 15) is 0 Å². The number of nitrogens with one attached hydrogen (secondary N) is 2. The number of thiocarbonyl (C=S) groups is 1. The fourth-order valence-electron chi connectivity index (χ4n) is 2.11. The van der Waals surface area contributed by atoms with Crippen LogP contribution in [0, 0.1) is 0 Å². The predicted molar refractivity (Wildman–Crippen MR) is 99.1 cm³/mol. The van der Waals surface area contributed by atoms with Crippen molar-refractivity contribution in [1.29, 1.82) is 0 Å². The molecule has 23 heavy (non-hydrogen) atoms. The quantitative estimate of drug-likeness (QED) is 0.690. The molecule has 0 saturated carbocycles. The summed E-state index contributed by atoms with van der Waals surface area (Å²) in [5.41, 5.74) is 2.92. The Kier molecular flexibility index (Phi) is 4.90. The zero-order chi connectivity index (χ0) is 16.1. The van der Waals surface area contributed by atoms with Gasteiger partial charge in [0.2, 0.25) is 0 Å². The normalized spacial score (nSPS) is 10.3. The Balaban J connectivity index is 1.58. The van der Waals surface area contributed by atoms with Gasteiger partial charge < -0.3 is 10.6 Å². The fourth-order valence-corrected chi connectivity index (χ4v) is 2.47. The summed E-state index contributed by atoms with van der Waals surface area (Å²) in [5.74, 6) is 0. The minimum absolute atomic E-state index is 0.530. The molecule has 6 heteroatoms. The smallest absolute Gasteiger partial charge is 0.175 e. The predicted octanol–water partition coefficient (Wildman–Crippen LogP) is 4.39. The van der Waals surface area contributed by atoms with Crippen LogP contribution in [-0.4, -0.2) is 14.9 Å². The average molecular weight is 343 g/mol. The first-order chi connectivity index (χ1) is 11.2. The van der Waals surface area contributed by atoms with Gasteiger partial charge in [0.15, 0.2) is 5.11 Å². The summed E-state index contributed by atoms with van der Waals surface area (Å²) in [5, 5.41) is 11.8. The van der Waals surface area contributed by atoms with Gasteiger partial charge in [-0.1, -0.05) is 41.9 Å². The third-order valence-corrected chi connectivity index (χ3v) is 3.64. The lowest BCUT2D eigenvalue weighted by atomic mass is 10.2. The lowest BCUT2D eigenvalue weighted by molar-refractivity contribution is 0.687. The number of benzene rings is 2. The van der Waals surface area contributed by atoms with Crippen molar-refractivity contribution in [1.82, 2.24) is 9.78 Å². The van der Waals surface area contributed by atoms with Crippen molar-refractivity contribution < 1.29 is 0 Å². The maximum absolute atomic E-state index is 5.89. The van der Waals surface area contributed by atoms with Crippen molar-refractivity contribution >= 4 is 40.3 Å². The van der Waals surface area contributed by atoms with E-state index in [1.807, 2.05) is 65.5 Å². The van der Waals surface area contributed by atoms with Crippen molar-refractivity contribution in [3.05, 3.63) is 77.6 Å². The first-order valence-electron chi connectivity index (χ1n) is 7.09. The Morgan fingerprint density at radius 3 is 2.43 bits per heavy atom. The van der Waals surface area contributed by atoms with Crippen LogP contribution >= 0.6 is 23.8 Å². The second-order valence-corrected chi connectivity index (χ2v) is 5.84. The third-order valence-electron chi connectivity index (χ3n) is 3.18. The number of hydrogen-bond donors (Lipinski definition) is 2. The number of aromatic nitrogens is 2. The van der Waals surface area contributed by atoms with E-state index in [-0.39, 0.29) is 0 Å². The van der Waals surface area contributed by atoms with Crippen molar-refractivity contribution in [2.24, 2.45) is 0 Å².